The van der Waals surface area contributed by atoms with E-state index in [2.05, 4.69) is 4.98 Å². The van der Waals surface area contributed by atoms with E-state index in [4.69, 9.17) is 11.6 Å². The Balaban J connectivity index is 1.49. The molecule has 1 aromatic heterocycles. The van der Waals surface area contributed by atoms with E-state index in [9.17, 15) is 18.3 Å². The Labute approximate surface area is 214 Å². The first-order valence-corrected chi connectivity index (χ1v) is 13.4. The standard InChI is InChI=1S/C28H23ClN2O4S/c29-23-13-9-20(10-14-23)21-11-15-24(16-12-21)36(34,35)19-31(26-8-4-5-17-30-26)28(27(32)33)18-25(28)22-6-2-1-3-7-22/h1-17,25H,18-19H2,(H,32,33)/t25-,28+/m0/s1. The number of hydrogen-bond donors (Lipinski definition) is 1. The summed E-state index contributed by atoms with van der Waals surface area (Å²) in [4.78, 5) is 18.5. The Hall–Kier alpha value is -3.68. The van der Waals surface area contributed by atoms with Crippen molar-refractivity contribution in [1.82, 2.24) is 4.98 Å². The van der Waals surface area contributed by atoms with Crippen LogP contribution in [0.3, 0.4) is 0 Å². The van der Waals surface area contributed by atoms with Gasteiger partial charge in [-0.05, 0) is 59.5 Å². The van der Waals surface area contributed by atoms with Crippen LogP contribution in [0.15, 0.2) is 108 Å². The third-order valence-electron chi connectivity index (χ3n) is 6.60. The van der Waals surface area contributed by atoms with Crippen molar-refractivity contribution in [3.8, 4) is 11.1 Å². The number of anilines is 1. The molecule has 1 aliphatic carbocycles. The van der Waals surface area contributed by atoms with E-state index >= 15 is 0 Å². The van der Waals surface area contributed by atoms with E-state index < -0.39 is 27.2 Å². The second kappa shape index (κ2) is 9.41. The third-order valence-corrected chi connectivity index (χ3v) is 8.44. The van der Waals surface area contributed by atoms with Gasteiger partial charge in [0.25, 0.3) is 0 Å². The lowest BCUT2D eigenvalue weighted by Crippen LogP contribution is -2.48. The number of pyridine rings is 1. The number of carboxylic acids is 1. The number of benzene rings is 3. The molecule has 6 nitrogen and oxygen atoms in total. The Morgan fingerprint density at radius 3 is 2.11 bits per heavy atom. The van der Waals surface area contributed by atoms with Gasteiger partial charge in [-0.15, -0.1) is 0 Å². The molecule has 0 amide bonds. The SMILES string of the molecule is O=C(O)[C@@]1(N(CS(=O)(=O)c2ccc(-c3ccc(Cl)cc3)cc2)c2ccccn2)C[C@H]1c1ccccc1. The summed E-state index contributed by atoms with van der Waals surface area (Å²) < 4.78 is 27.1. The van der Waals surface area contributed by atoms with Gasteiger partial charge in [-0.1, -0.05) is 72.3 Å². The Kier molecular flexibility index (Phi) is 6.28. The highest BCUT2D eigenvalue weighted by atomic mass is 35.5. The maximum Gasteiger partial charge on any atom is 0.330 e. The second-order valence-electron chi connectivity index (χ2n) is 8.79. The molecule has 0 saturated heterocycles. The summed E-state index contributed by atoms with van der Waals surface area (Å²) in [5.41, 5.74) is 1.20. The monoisotopic (exact) mass is 518 g/mol. The number of aromatic nitrogens is 1. The Morgan fingerprint density at radius 1 is 0.917 bits per heavy atom. The van der Waals surface area contributed by atoms with Crippen molar-refractivity contribution in [2.75, 3.05) is 10.8 Å². The topological polar surface area (TPSA) is 87.6 Å². The number of carboxylic acid groups (broad SMARTS) is 1. The molecule has 0 radical (unpaired) electrons. The lowest BCUT2D eigenvalue weighted by atomic mass is 10.1. The molecule has 3 aromatic carbocycles. The van der Waals surface area contributed by atoms with Gasteiger partial charge in [-0.2, -0.15) is 0 Å². The number of rotatable bonds is 8. The van der Waals surface area contributed by atoms with E-state index in [-0.39, 0.29) is 17.2 Å². The van der Waals surface area contributed by atoms with Crippen molar-refractivity contribution in [3.63, 3.8) is 0 Å². The zero-order valence-corrected chi connectivity index (χ0v) is 20.7. The zero-order valence-electron chi connectivity index (χ0n) is 19.2. The minimum Gasteiger partial charge on any atom is -0.479 e. The van der Waals surface area contributed by atoms with E-state index in [1.54, 1.807) is 54.6 Å². The van der Waals surface area contributed by atoms with Gasteiger partial charge < -0.3 is 10.0 Å². The molecule has 1 saturated carbocycles. The molecule has 8 heteroatoms. The summed E-state index contributed by atoms with van der Waals surface area (Å²) in [5.74, 6) is -1.64. The number of halogens is 1. The Bertz CT molecular complexity index is 1480. The molecule has 36 heavy (non-hydrogen) atoms. The average molecular weight is 519 g/mol. The Morgan fingerprint density at radius 2 is 1.53 bits per heavy atom. The molecule has 0 unspecified atom stereocenters. The predicted octanol–water partition coefficient (Wildman–Crippen LogP) is 5.65. The van der Waals surface area contributed by atoms with Gasteiger partial charge in [-0.25, -0.2) is 18.2 Å². The third kappa shape index (κ3) is 4.47. The van der Waals surface area contributed by atoms with Crippen LogP contribution in [0.1, 0.15) is 17.9 Å². The van der Waals surface area contributed by atoms with Gasteiger partial charge in [0, 0.05) is 17.1 Å². The number of aliphatic carboxylic acids is 1. The van der Waals surface area contributed by atoms with E-state index in [0.717, 1.165) is 16.7 Å². The van der Waals surface area contributed by atoms with E-state index in [1.807, 2.05) is 42.5 Å². The quantitative estimate of drug-likeness (QED) is 0.324. The first-order chi connectivity index (χ1) is 17.3. The fraction of sp³-hybridized carbons (Fsp3) is 0.143. The molecule has 1 heterocycles. The molecule has 1 fully saturated rings. The smallest absolute Gasteiger partial charge is 0.330 e. The van der Waals surface area contributed by atoms with Gasteiger partial charge >= 0.3 is 5.97 Å². The van der Waals surface area contributed by atoms with Crippen LogP contribution in [0.25, 0.3) is 11.1 Å². The first kappa shape index (κ1) is 24.0. The molecule has 182 valence electrons. The highest BCUT2D eigenvalue weighted by Crippen LogP contribution is 2.56. The molecule has 5 rings (SSSR count). The summed E-state index contributed by atoms with van der Waals surface area (Å²) in [6, 6.07) is 28.2. The van der Waals surface area contributed by atoms with Crippen molar-refractivity contribution in [3.05, 3.63) is 114 Å². The van der Waals surface area contributed by atoms with Crippen LogP contribution in [0, 0.1) is 0 Å². The first-order valence-electron chi connectivity index (χ1n) is 11.4. The molecule has 1 N–H and O–H groups in total. The van der Waals surface area contributed by atoms with Crippen molar-refractivity contribution in [2.45, 2.75) is 22.8 Å². The van der Waals surface area contributed by atoms with Crippen LogP contribution < -0.4 is 4.90 Å². The maximum atomic E-state index is 13.6. The molecular weight excluding hydrogens is 496 g/mol. The van der Waals surface area contributed by atoms with Gasteiger partial charge in [0.15, 0.2) is 9.84 Å². The van der Waals surface area contributed by atoms with E-state index in [0.29, 0.717) is 10.8 Å². The number of hydrogen-bond acceptors (Lipinski definition) is 5. The lowest BCUT2D eigenvalue weighted by Gasteiger charge is -2.31. The molecule has 0 aliphatic heterocycles. The number of sulfone groups is 1. The molecule has 1 aliphatic rings. The fourth-order valence-electron chi connectivity index (χ4n) is 4.62. The van der Waals surface area contributed by atoms with Gasteiger partial charge in [0.1, 0.15) is 17.2 Å². The van der Waals surface area contributed by atoms with Crippen molar-refractivity contribution < 1.29 is 18.3 Å². The van der Waals surface area contributed by atoms with Crippen LogP contribution >= 0.6 is 11.6 Å². The van der Waals surface area contributed by atoms with Crippen LogP contribution in [-0.2, 0) is 14.6 Å². The molecule has 0 spiro atoms. The van der Waals surface area contributed by atoms with Crippen LogP contribution in [0.2, 0.25) is 5.02 Å². The largest absolute Gasteiger partial charge is 0.479 e. The molecular formula is C28H23ClN2O4S. The normalized spacial score (nSPS) is 19.0. The number of nitrogens with zero attached hydrogens (tertiary/aromatic N) is 2. The number of carbonyl (C=O) groups is 1. The summed E-state index contributed by atoms with van der Waals surface area (Å²) in [6.45, 7) is 0. The van der Waals surface area contributed by atoms with Crippen molar-refractivity contribution in [2.24, 2.45) is 0 Å². The second-order valence-corrected chi connectivity index (χ2v) is 11.2. The highest BCUT2D eigenvalue weighted by molar-refractivity contribution is 7.91. The molecule has 2 atom stereocenters. The van der Waals surface area contributed by atoms with E-state index in [1.165, 1.54) is 11.1 Å². The summed E-state index contributed by atoms with van der Waals surface area (Å²) >= 11 is 5.97. The molecule has 0 bridgehead atoms. The van der Waals surface area contributed by atoms with Crippen molar-refractivity contribution >= 4 is 33.2 Å². The summed E-state index contributed by atoms with van der Waals surface area (Å²) in [5, 5.41) is 11.0. The highest BCUT2D eigenvalue weighted by Gasteiger charge is 2.66. The fourth-order valence-corrected chi connectivity index (χ4v) is 6.15. The van der Waals surface area contributed by atoms with Crippen LogP contribution in [0.5, 0.6) is 0 Å². The molecule has 4 aromatic rings. The summed E-state index contributed by atoms with van der Waals surface area (Å²) in [7, 11) is -3.89. The van der Waals surface area contributed by atoms with Crippen molar-refractivity contribution in [1.29, 1.82) is 0 Å². The lowest BCUT2D eigenvalue weighted by molar-refractivity contribution is -0.139. The van der Waals surface area contributed by atoms with Gasteiger partial charge in [0.05, 0.1) is 4.90 Å². The van der Waals surface area contributed by atoms with Crippen LogP contribution in [0.4, 0.5) is 5.82 Å². The summed E-state index contributed by atoms with van der Waals surface area (Å²) in [6.07, 6.45) is 1.82. The maximum absolute atomic E-state index is 13.6. The zero-order chi connectivity index (χ0) is 25.3. The average Bonchev–Trinajstić information content (AvgIpc) is 3.66. The predicted molar refractivity (Wildman–Crippen MR) is 140 cm³/mol. The van der Waals surface area contributed by atoms with Gasteiger partial charge in [-0.3, -0.25) is 0 Å². The van der Waals surface area contributed by atoms with Gasteiger partial charge in [0.2, 0.25) is 0 Å². The van der Waals surface area contributed by atoms with Crippen LogP contribution in [-0.4, -0.2) is 35.9 Å². The minimum absolute atomic E-state index is 0.110. The minimum atomic E-state index is -3.89.